The Bertz CT molecular complexity index is 604. The molecule has 1 aliphatic heterocycles. The van der Waals surface area contributed by atoms with Crippen LogP contribution >= 0.6 is 0 Å². The summed E-state index contributed by atoms with van der Waals surface area (Å²) in [5.41, 5.74) is 5.29. The molecule has 17 heavy (non-hydrogen) atoms. The molecular weight excluding hydrogens is 244 g/mol. The zero-order chi connectivity index (χ0) is 12.5. The van der Waals surface area contributed by atoms with Gasteiger partial charge in [-0.2, -0.15) is 0 Å². The Morgan fingerprint density at radius 3 is 2.76 bits per heavy atom. The van der Waals surface area contributed by atoms with Gasteiger partial charge in [-0.25, -0.2) is 13.4 Å². The fourth-order valence-electron chi connectivity index (χ4n) is 1.29. The lowest BCUT2D eigenvalue weighted by Crippen LogP contribution is -2.17. The van der Waals surface area contributed by atoms with Crippen molar-refractivity contribution in [3.05, 3.63) is 35.5 Å². The van der Waals surface area contributed by atoms with Gasteiger partial charge in [0, 0.05) is 6.07 Å². The predicted octanol–water partition coefficient (Wildman–Crippen LogP) is 0.355. The number of aromatic hydroxyl groups is 1. The fraction of sp³-hybridized carbons (Fsp3) is 0.100. The first-order chi connectivity index (χ1) is 7.97. The molecule has 6 nitrogen and oxygen atoms in total. The fourth-order valence-corrected chi connectivity index (χ4v) is 2.26. The first-order valence-corrected chi connectivity index (χ1v) is 6.24. The number of ether oxygens (including phenoxy) is 1. The molecule has 7 heteroatoms. The van der Waals surface area contributed by atoms with Gasteiger partial charge in [0.1, 0.15) is 23.9 Å². The van der Waals surface area contributed by atoms with Gasteiger partial charge >= 0.3 is 0 Å². The summed E-state index contributed by atoms with van der Waals surface area (Å²) in [6.45, 7) is -0.219. The van der Waals surface area contributed by atoms with Gasteiger partial charge in [0.2, 0.25) is 9.84 Å². The summed E-state index contributed by atoms with van der Waals surface area (Å²) < 4.78 is 28.1. The van der Waals surface area contributed by atoms with Gasteiger partial charge in [0.05, 0.1) is 5.41 Å². The second kappa shape index (κ2) is 4.10. The summed E-state index contributed by atoms with van der Waals surface area (Å²) in [7, 11) is -3.54. The van der Waals surface area contributed by atoms with Crippen molar-refractivity contribution < 1.29 is 18.3 Å². The Kier molecular flexibility index (Phi) is 2.76. The van der Waals surface area contributed by atoms with Crippen LogP contribution in [-0.4, -0.2) is 25.2 Å². The number of sulfone groups is 1. The lowest BCUT2D eigenvalue weighted by atomic mass is 10.3. The van der Waals surface area contributed by atoms with Gasteiger partial charge in [0.25, 0.3) is 0 Å². The van der Waals surface area contributed by atoms with Crippen LogP contribution in [-0.2, 0) is 9.84 Å². The van der Waals surface area contributed by atoms with Crippen LogP contribution in [0.2, 0.25) is 0 Å². The highest BCUT2D eigenvalue weighted by atomic mass is 32.2. The largest absolute Gasteiger partial charge is 0.508 e. The molecule has 2 rings (SSSR count). The van der Waals surface area contributed by atoms with Crippen molar-refractivity contribution in [1.29, 1.82) is 0 Å². The number of aliphatic imine (C=N–C) groups is 1. The molecule has 0 bridgehead atoms. The van der Waals surface area contributed by atoms with Crippen molar-refractivity contribution in [3.63, 3.8) is 0 Å². The van der Waals surface area contributed by atoms with E-state index in [0.717, 1.165) is 5.41 Å². The van der Waals surface area contributed by atoms with E-state index in [1.165, 1.54) is 12.1 Å². The third-order valence-electron chi connectivity index (χ3n) is 2.04. The van der Waals surface area contributed by atoms with Crippen LogP contribution in [0.5, 0.6) is 11.5 Å². The SMILES string of the molecule is NC1=CS(=O)(=O)C(COc2cccc(O)c2)=N1. The summed E-state index contributed by atoms with van der Waals surface area (Å²) >= 11 is 0. The highest BCUT2D eigenvalue weighted by molar-refractivity contribution is 8.09. The van der Waals surface area contributed by atoms with E-state index in [-0.39, 0.29) is 23.2 Å². The number of benzene rings is 1. The van der Waals surface area contributed by atoms with E-state index in [1.807, 2.05) is 0 Å². The molecule has 1 aromatic carbocycles. The normalized spacial score (nSPS) is 17.4. The number of nitrogens with two attached hydrogens (primary N) is 1. The quantitative estimate of drug-likeness (QED) is 0.810. The van der Waals surface area contributed by atoms with Gasteiger partial charge in [0.15, 0.2) is 5.04 Å². The zero-order valence-corrected chi connectivity index (χ0v) is 9.52. The first kappa shape index (κ1) is 11.5. The Morgan fingerprint density at radius 2 is 2.18 bits per heavy atom. The smallest absolute Gasteiger partial charge is 0.220 e. The maximum Gasteiger partial charge on any atom is 0.220 e. The summed E-state index contributed by atoms with van der Waals surface area (Å²) in [6, 6.07) is 6.04. The Balaban J connectivity index is 2.08. The number of hydrogen-bond acceptors (Lipinski definition) is 6. The van der Waals surface area contributed by atoms with Gasteiger partial charge in [-0.3, -0.25) is 0 Å². The molecule has 0 saturated carbocycles. The lowest BCUT2D eigenvalue weighted by Gasteiger charge is -2.05. The van der Waals surface area contributed by atoms with E-state index in [0.29, 0.717) is 5.75 Å². The van der Waals surface area contributed by atoms with Crippen LogP contribution in [0.25, 0.3) is 0 Å². The minimum absolute atomic E-state index is 0.0383. The van der Waals surface area contributed by atoms with Gasteiger partial charge < -0.3 is 15.6 Å². The zero-order valence-electron chi connectivity index (χ0n) is 8.70. The van der Waals surface area contributed by atoms with Crippen molar-refractivity contribution in [2.45, 2.75) is 0 Å². The molecule has 1 aromatic rings. The van der Waals surface area contributed by atoms with Crippen LogP contribution in [0, 0.1) is 0 Å². The summed E-state index contributed by atoms with van der Waals surface area (Å²) in [5, 5.41) is 9.93. The van der Waals surface area contributed by atoms with Crippen molar-refractivity contribution in [1.82, 2.24) is 0 Å². The standard InChI is InChI=1S/C10H10N2O4S/c11-9-6-17(14,15)10(12-9)5-16-8-3-1-2-7(13)4-8/h1-4,6,13H,5,11H2. The van der Waals surface area contributed by atoms with Crippen LogP contribution in [0.3, 0.4) is 0 Å². The van der Waals surface area contributed by atoms with Gasteiger partial charge in [-0.15, -0.1) is 0 Å². The van der Waals surface area contributed by atoms with Crippen molar-refractivity contribution in [2.24, 2.45) is 10.7 Å². The molecule has 0 atom stereocenters. The highest BCUT2D eigenvalue weighted by Crippen LogP contribution is 2.19. The van der Waals surface area contributed by atoms with Crippen LogP contribution in [0.4, 0.5) is 0 Å². The monoisotopic (exact) mass is 254 g/mol. The van der Waals surface area contributed by atoms with E-state index < -0.39 is 9.84 Å². The molecule has 90 valence electrons. The first-order valence-electron chi connectivity index (χ1n) is 4.69. The third kappa shape index (κ3) is 2.56. The van der Waals surface area contributed by atoms with E-state index in [9.17, 15) is 13.5 Å². The molecule has 0 saturated heterocycles. The second-order valence-electron chi connectivity index (χ2n) is 3.38. The number of phenolic OH excluding ortho intramolecular Hbond substituents is 1. The third-order valence-corrected chi connectivity index (χ3v) is 3.46. The van der Waals surface area contributed by atoms with Gasteiger partial charge in [-0.1, -0.05) is 6.07 Å². The minimum Gasteiger partial charge on any atom is -0.508 e. The van der Waals surface area contributed by atoms with Crippen molar-refractivity contribution in [3.8, 4) is 11.5 Å². The molecule has 1 heterocycles. The topological polar surface area (TPSA) is 102 Å². The average molecular weight is 254 g/mol. The highest BCUT2D eigenvalue weighted by Gasteiger charge is 2.24. The van der Waals surface area contributed by atoms with E-state index >= 15 is 0 Å². The number of hydrogen-bond donors (Lipinski definition) is 2. The van der Waals surface area contributed by atoms with Gasteiger partial charge in [-0.05, 0) is 12.1 Å². The van der Waals surface area contributed by atoms with E-state index in [4.69, 9.17) is 10.5 Å². The minimum atomic E-state index is -3.54. The maximum absolute atomic E-state index is 11.4. The number of nitrogens with zero attached hydrogens (tertiary/aromatic N) is 1. The maximum atomic E-state index is 11.4. The van der Waals surface area contributed by atoms with Crippen LogP contribution in [0.15, 0.2) is 40.5 Å². The molecular formula is C10H10N2O4S. The molecule has 0 aliphatic carbocycles. The second-order valence-corrected chi connectivity index (χ2v) is 5.18. The molecule has 3 N–H and O–H groups in total. The molecule has 0 aromatic heterocycles. The summed E-state index contributed by atoms with van der Waals surface area (Å²) in [5.74, 6) is 0.337. The molecule has 0 amide bonds. The van der Waals surface area contributed by atoms with Crippen molar-refractivity contribution in [2.75, 3.05) is 6.61 Å². The molecule has 0 fully saturated rings. The number of phenols is 1. The Labute approximate surface area is 98.0 Å². The molecule has 0 radical (unpaired) electrons. The molecule has 0 spiro atoms. The Hall–Kier alpha value is -2.02. The average Bonchev–Trinajstić information content (AvgIpc) is 2.48. The van der Waals surface area contributed by atoms with E-state index in [1.54, 1.807) is 12.1 Å². The van der Waals surface area contributed by atoms with Crippen molar-refractivity contribution >= 4 is 14.9 Å². The lowest BCUT2D eigenvalue weighted by molar-refractivity contribution is 0.374. The molecule has 0 unspecified atom stereocenters. The molecule has 1 aliphatic rings. The van der Waals surface area contributed by atoms with E-state index in [2.05, 4.69) is 4.99 Å². The van der Waals surface area contributed by atoms with Crippen LogP contribution < -0.4 is 10.5 Å². The Morgan fingerprint density at radius 1 is 1.41 bits per heavy atom. The summed E-state index contributed by atoms with van der Waals surface area (Å²) in [6.07, 6.45) is 0. The summed E-state index contributed by atoms with van der Waals surface area (Å²) in [4.78, 5) is 3.66. The van der Waals surface area contributed by atoms with Crippen LogP contribution in [0.1, 0.15) is 0 Å². The predicted molar refractivity (Wildman–Crippen MR) is 62.2 cm³/mol. The number of rotatable bonds is 3.